The molecule has 2 N–H and O–H groups in total. The monoisotopic (exact) mass is 362 g/mol. The average molecular weight is 362 g/mol. The van der Waals surface area contributed by atoms with Gasteiger partial charge in [0.1, 0.15) is 11.8 Å². The van der Waals surface area contributed by atoms with Crippen LogP contribution in [-0.2, 0) is 11.3 Å². The third-order valence-electron chi connectivity index (χ3n) is 4.30. The van der Waals surface area contributed by atoms with Crippen LogP contribution in [-0.4, -0.2) is 14.5 Å². The van der Waals surface area contributed by atoms with Gasteiger partial charge in [0.2, 0.25) is 5.95 Å². The van der Waals surface area contributed by atoms with Crippen molar-refractivity contribution in [3.8, 4) is 22.6 Å². The Bertz CT molecular complexity index is 1060. The molecule has 136 valence electrons. The van der Waals surface area contributed by atoms with Crippen LogP contribution in [0.1, 0.15) is 18.2 Å². The molecule has 4 rings (SSSR count). The second-order valence-corrected chi connectivity index (χ2v) is 6.10. The summed E-state index contributed by atoms with van der Waals surface area (Å²) in [4.78, 5) is 21.0. The lowest BCUT2D eigenvalue weighted by atomic mass is 9.98. The fourth-order valence-electron chi connectivity index (χ4n) is 3.13. The molecule has 7 heteroatoms. The molecule has 3 aromatic heterocycles. The second-order valence-electron chi connectivity index (χ2n) is 6.10. The van der Waals surface area contributed by atoms with Crippen LogP contribution in [0.5, 0.6) is 0 Å². The van der Waals surface area contributed by atoms with Crippen molar-refractivity contribution >= 4 is 5.95 Å². The Balaban J connectivity index is 1.98. The van der Waals surface area contributed by atoms with Gasteiger partial charge in [-0.15, -0.1) is 6.58 Å². The summed E-state index contributed by atoms with van der Waals surface area (Å²) in [6.45, 7) is 4.10. The zero-order chi connectivity index (χ0) is 18.8. The van der Waals surface area contributed by atoms with Crippen LogP contribution < -0.4 is 11.3 Å². The summed E-state index contributed by atoms with van der Waals surface area (Å²) in [5.74, 6) is 0.697. The van der Waals surface area contributed by atoms with E-state index in [0.29, 0.717) is 30.1 Å². The lowest BCUT2D eigenvalue weighted by Gasteiger charge is -2.18. The molecule has 0 amide bonds. The fourth-order valence-corrected chi connectivity index (χ4v) is 3.13. The van der Waals surface area contributed by atoms with E-state index in [1.54, 1.807) is 41.5 Å². The molecule has 0 saturated heterocycles. The standard InChI is InChI=1S/C20H18N4O3/c1-2-9-24-12-13(7-8-16(24)25)17-18(14-5-3-10-26-14)22-20(21)23-19(17)15-6-4-11-27-15/h2-5,7-8,10-12,15H,1,6,9H2,(H2,21,22,23). The molecule has 3 aromatic rings. The summed E-state index contributed by atoms with van der Waals surface area (Å²) in [5.41, 5.74) is 8.57. The van der Waals surface area contributed by atoms with Crippen molar-refractivity contribution in [3.63, 3.8) is 0 Å². The molecule has 1 aliphatic rings. The first kappa shape index (κ1) is 16.8. The van der Waals surface area contributed by atoms with Crippen molar-refractivity contribution in [2.45, 2.75) is 19.1 Å². The Morgan fingerprint density at radius 1 is 1.33 bits per heavy atom. The molecule has 1 atom stereocenters. The van der Waals surface area contributed by atoms with Gasteiger partial charge >= 0.3 is 0 Å². The Hall–Kier alpha value is -3.61. The summed E-state index contributed by atoms with van der Waals surface area (Å²) in [5, 5.41) is 0. The second kappa shape index (κ2) is 6.95. The molecular weight excluding hydrogens is 344 g/mol. The summed E-state index contributed by atoms with van der Waals surface area (Å²) in [6.07, 6.45) is 8.98. The van der Waals surface area contributed by atoms with Gasteiger partial charge in [-0.3, -0.25) is 4.79 Å². The highest BCUT2D eigenvalue weighted by atomic mass is 16.5. The van der Waals surface area contributed by atoms with Crippen molar-refractivity contribution in [1.29, 1.82) is 0 Å². The normalized spacial score (nSPS) is 15.6. The van der Waals surface area contributed by atoms with Crippen LogP contribution in [0.3, 0.4) is 0 Å². The average Bonchev–Trinajstić information content (AvgIpc) is 3.37. The van der Waals surface area contributed by atoms with E-state index >= 15 is 0 Å². The Morgan fingerprint density at radius 3 is 2.93 bits per heavy atom. The molecule has 0 saturated carbocycles. The van der Waals surface area contributed by atoms with Gasteiger partial charge in [-0.1, -0.05) is 6.08 Å². The highest BCUT2D eigenvalue weighted by molar-refractivity contribution is 5.81. The van der Waals surface area contributed by atoms with Gasteiger partial charge in [-0.25, -0.2) is 9.97 Å². The van der Waals surface area contributed by atoms with E-state index in [0.717, 1.165) is 11.1 Å². The van der Waals surface area contributed by atoms with Crippen molar-refractivity contribution in [2.24, 2.45) is 0 Å². The summed E-state index contributed by atoms with van der Waals surface area (Å²) < 4.78 is 12.8. The molecule has 7 nitrogen and oxygen atoms in total. The van der Waals surface area contributed by atoms with Crippen LogP contribution in [0.15, 0.2) is 70.9 Å². The zero-order valence-electron chi connectivity index (χ0n) is 14.5. The maximum atomic E-state index is 12.1. The van der Waals surface area contributed by atoms with Crippen LogP contribution in [0, 0.1) is 0 Å². The minimum atomic E-state index is -0.279. The van der Waals surface area contributed by atoms with E-state index in [-0.39, 0.29) is 17.6 Å². The SMILES string of the molecule is C=CCn1cc(-c2c(-c3ccco3)nc(N)nc2C2CC=CO2)ccc1=O. The van der Waals surface area contributed by atoms with Gasteiger partial charge in [0.25, 0.3) is 5.56 Å². The zero-order valence-corrected chi connectivity index (χ0v) is 14.5. The Labute approximate surface area is 155 Å². The minimum Gasteiger partial charge on any atom is -0.492 e. The van der Waals surface area contributed by atoms with E-state index in [1.807, 2.05) is 12.1 Å². The first-order chi connectivity index (χ1) is 13.2. The maximum Gasteiger partial charge on any atom is 0.250 e. The molecule has 0 aliphatic carbocycles. The number of allylic oxidation sites excluding steroid dienone is 1. The number of nitrogen functional groups attached to an aromatic ring is 1. The number of pyridine rings is 1. The molecule has 27 heavy (non-hydrogen) atoms. The van der Waals surface area contributed by atoms with Gasteiger partial charge < -0.3 is 19.5 Å². The number of ether oxygens (including phenoxy) is 1. The molecule has 0 aromatic carbocycles. The Morgan fingerprint density at radius 2 is 2.22 bits per heavy atom. The van der Waals surface area contributed by atoms with Crippen molar-refractivity contribution in [1.82, 2.24) is 14.5 Å². The van der Waals surface area contributed by atoms with E-state index in [2.05, 4.69) is 16.5 Å². The third-order valence-corrected chi connectivity index (χ3v) is 4.30. The fraction of sp³-hybridized carbons (Fsp3) is 0.150. The van der Waals surface area contributed by atoms with Gasteiger partial charge in [-0.05, 0) is 24.3 Å². The van der Waals surface area contributed by atoms with Crippen LogP contribution >= 0.6 is 0 Å². The van der Waals surface area contributed by atoms with E-state index < -0.39 is 0 Å². The Kier molecular flexibility index (Phi) is 4.33. The summed E-state index contributed by atoms with van der Waals surface area (Å²) in [6, 6.07) is 6.85. The first-order valence-corrected chi connectivity index (χ1v) is 8.51. The third kappa shape index (κ3) is 3.15. The predicted molar refractivity (Wildman–Crippen MR) is 102 cm³/mol. The van der Waals surface area contributed by atoms with Crippen LogP contribution in [0.4, 0.5) is 5.95 Å². The van der Waals surface area contributed by atoms with Crippen molar-refractivity contribution in [3.05, 3.63) is 77.8 Å². The molecular formula is C20H18N4O3. The smallest absolute Gasteiger partial charge is 0.250 e. The van der Waals surface area contributed by atoms with E-state index in [1.165, 1.54) is 6.07 Å². The van der Waals surface area contributed by atoms with Gasteiger partial charge in [0, 0.05) is 36.4 Å². The molecule has 0 bridgehead atoms. The molecule has 0 radical (unpaired) electrons. The molecule has 0 spiro atoms. The summed E-state index contributed by atoms with van der Waals surface area (Å²) >= 11 is 0. The number of anilines is 1. The maximum absolute atomic E-state index is 12.1. The number of aromatic nitrogens is 3. The number of furan rings is 1. The quantitative estimate of drug-likeness (QED) is 0.700. The van der Waals surface area contributed by atoms with Gasteiger partial charge in [0.15, 0.2) is 5.76 Å². The largest absolute Gasteiger partial charge is 0.492 e. The predicted octanol–water partition coefficient (Wildman–Crippen LogP) is 3.31. The first-order valence-electron chi connectivity index (χ1n) is 8.51. The lowest BCUT2D eigenvalue weighted by molar-refractivity contribution is 0.169. The lowest BCUT2D eigenvalue weighted by Crippen LogP contribution is -2.18. The number of nitrogens with zero attached hydrogens (tertiary/aromatic N) is 3. The van der Waals surface area contributed by atoms with Gasteiger partial charge in [0.05, 0.1) is 18.2 Å². The van der Waals surface area contributed by atoms with Crippen LogP contribution in [0.25, 0.3) is 22.6 Å². The molecule has 1 aliphatic heterocycles. The van der Waals surface area contributed by atoms with E-state index in [4.69, 9.17) is 14.9 Å². The number of nitrogens with two attached hydrogens (primary N) is 1. The highest BCUT2D eigenvalue weighted by Gasteiger charge is 2.26. The minimum absolute atomic E-state index is 0.116. The molecule has 4 heterocycles. The van der Waals surface area contributed by atoms with Crippen LogP contribution in [0.2, 0.25) is 0 Å². The van der Waals surface area contributed by atoms with Crippen molar-refractivity contribution < 1.29 is 9.15 Å². The van der Waals surface area contributed by atoms with Gasteiger partial charge in [-0.2, -0.15) is 0 Å². The van der Waals surface area contributed by atoms with Crippen molar-refractivity contribution in [2.75, 3.05) is 5.73 Å². The molecule has 0 fully saturated rings. The number of rotatable bonds is 5. The number of hydrogen-bond acceptors (Lipinski definition) is 6. The number of hydrogen-bond donors (Lipinski definition) is 1. The topological polar surface area (TPSA) is 96.2 Å². The highest BCUT2D eigenvalue weighted by Crippen LogP contribution is 2.39. The summed E-state index contributed by atoms with van der Waals surface area (Å²) in [7, 11) is 0. The molecule has 1 unspecified atom stereocenters. The van der Waals surface area contributed by atoms with E-state index in [9.17, 15) is 4.79 Å².